The summed E-state index contributed by atoms with van der Waals surface area (Å²) in [6.45, 7) is 2.70. The lowest BCUT2D eigenvalue weighted by atomic mass is 9.67. The summed E-state index contributed by atoms with van der Waals surface area (Å²) in [7, 11) is 0. The Morgan fingerprint density at radius 3 is 2.42 bits per heavy atom. The highest BCUT2D eigenvalue weighted by Crippen LogP contribution is 2.47. The number of amides is 1. The number of hydrogen-bond donors (Lipinski definition) is 1. The lowest BCUT2D eigenvalue weighted by Gasteiger charge is -2.59. The van der Waals surface area contributed by atoms with Crippen LogP contribution >= 0.6 is 0 Å². The first-order valence-corrected chi connectivity index (χ1v) is 4.73. The second-order valence-electron chi connectivity index (χ2n) is 4.11. The molecular formula is C9H16N2O. The molecule has 1 unspecified atom stereocenters. The highest BCUT2D eigenvalue weighted by Gasteiger charge is 2.51. The fraction of sp³-hybridized carbons (Fsp3) is 0.889. The first-order chi connectivity index (χ1) is 5.66. The molecule has 12 heavy (non-hydrogen) atoms. The van der Waals surface area contributed by atoms with E-state index in [1.807, 2.05) is 4.90 Å². The monoisotopic (exact) mass is 168 g/mol. The molecule has 2 aliphatic rings. The first kappa shape index (κ1) is 8.05. The summed E-state index contributed by atoms with van der Waals surface area (Å²) in [6, 6.07) is -0.317. The van der Waals surface area contributed by atoms with E-state index >= 15 is 0 Å². The molecule has 0 radical (unpaired) electrons. The van der Waals surface area contributed by atoms with Gasteiger partial charge in [-0.05, 0) is 32.6 Å². The van der Waals surface area contributed by atoms with E-state index in [-0.39, 0.29) is 17.5 Å². The molecule has 1 aliphatic carbocycles. The van der Waals surface area contributed by atoms with Gasteiger partial charge in [-0.3, -0.25) is 4.79 Å². The molecule has 1 amide bonds. The second-order valence-corrected chi connectivity index (χ2v) is 4.11. The summed E-state index contributed by atoms with van der Waals surface area (Å²) in [4.78, 5) is 13.5. The van der Waals surface area contributed by atoms with Crippen LogP contribution in [-0.2, 0) is 4.79 Å². The number of likely N-dealkylation sites (tertiary alicyclic amines) is 1. The Morgan fingerprint density at radius 1 is 1.50 bits per heavy atom. The van der Waals surface area contributed by atoms with E-state index in [1.54, 1.807) is 6.92 Å². The molecule has 0 aromatic rings. The average molecular weight is 168 g/mol. The van der Waals surface area contributed by atoms with Crippen molar-refractivity contribution in [1.29, 1.82) is 0 Å². The van der Waals surface area contributed by atoms with Gasteiger partial charge in [0.05, 0.1) is 6.04 Å². The second kappa shape index (κ2) is 2.46. The molecule has 1 atom stereocenters. The zero-order valence-electron chi connectivity index (χ0n) is 7.55. The normalized spacial score (nSPS) is 27.7. The molecule has 0 aromatic carbocycles. The van der Waals surface area contributed by atoms with Crippen molar-refractivity contribution in [2.75, 3.05) is 6.54 Å². The van der Waals surface area contributed by atoms with Gasteiger partial charge < -0.3 is 10.6 Å². The minimum absolute atomic E-state index is 0.140. The van der Waals surface area contributed by atoms with Crippen molar-refractivity contribution in [2.45, 2.75) is 44.2 Å². The van der Waals surface area contributed by atoms with Crippen LogP contribution in [0.4, 0.5) is 0 Å². The minimum atomic E-state index is -0.317. The summed E-state index contributed by atoms with van der Waals surface area (Å²) in [5.74, 6) is 0.140. The topological polar surface area (TPSA) is 46.3 Å². The molecule has 2 rings (SSSR count). The standard InChI is InChI=1S/C9H16N2O/c1-7(10)8(12)11-6-5-9(11)3-2-4-9/h7H,2-6,10H2,1H3. The third kappa shape index (κ3) is 0.891. The molecule has 1 heterocycles. The van der Waals surface area contributed by atoms with Crippen molar-refractivity contribution in [3.8, 4) is 0 Å². The smallest absolute Gasteiger partial charge is 0.239 e. The molecular weight excluding hydrogens is 152 g/mol. The van der Waals surface area contributed by atoms with E-state index in [9.17, 15) is 4.79 Å². The number of rotatable bonds is 1. The Kier molecular flexibility index (Phi) is 1.65. The molecule has 1 spiro atoms. The zero-order chi connectivity index (χ0) is 8.77. The van der Waals surface area contributed by atoms with Crippen LogP contribution in [0.2, 0.25) is 0 Å². The molecule has 0 aromatic heterocycles. The van der Waals surface area contributed by atoms with Gasteiger partial charge in [0.1, 0.15) is 0 Å². The number of nitrogens with zero attached hydrogens (tertiary/aromatic N) is 1. The van der Waals surface area contributed by atoms with Crippen LogP contribution in [0.3, 0.4) is 0 Å². The van der Waals surface area contributed by atoms with Gasteiger partial charge >= 0.3 is 0 Å². The first-order valence-electron chi connectivity index (χ1n) is 4.73. The van der Waals surface area contributed by atoms with E-state index in [1.165, 1.54) is 25.7 Å². The number of carbonyl (C=O) groups excluding carboxylic acids is 1. The Morgan fingerprint density at radius 2 is 2.17 bits per heavy atom. The van der Waals surface area contributed by atoms with Crippen LogP contribution in [0, 0.1) is 0 Å². The van der Waals surface area contributed by atoms with Gasteiger partial charge in [-0.1, -0.05) is 0 Å². The number of nitrogens with two attached hydrogens (primary N) is 1. The van der Waals surface area contributed by atoms with E-state index in [0.29, 0.717) is 0 Å². The van der Waals surface area contributed by atoms with Gasteiger partial charge in [0.2, 0.25) is 5.91 Å². The molecule has 1 aliphatic heterocycles. The van der Waals surface area contributed by atoms with Crippen LogP contribution in [0.25, 0.3) is 0 Å². The van der Waals surface area contributed by atoms with E-state index in [4.69, 9.17) is 5.73 Å². The molecule has 3 heteroatoms. The number of hydrogen-bond acceptors (Lipinski definition) is 2. The van der Waals surface area contributed by atoms with E-state index in [2.05, 4.69) is 0 Å². The lowest BCUT2D eigenvalue weighted by molar-refractivity contribution is -0.156. The van der Waals surface area contributed by atoms with Crippen molar-refractivity contribution in [2.24, 2.45) is 5.73 Å². The van der Waals surface area contributed by atoms with Crippen molar-refractivity contribution in [1.82, 2.24) is 4.90 Å². The molecule has 2 N–H and O–H groups in total. The molecule has 68 valence electrons. The summed E-state index contributed by atoms with van der Waals surface area (Å²) in [6.07, 6.45) is 4.88. The Hall–Kier alpha value is -0.570. The largest absolute Gasteiger partial charge is 0.336 e. The third-order valence-electron chi connectivity index (χ3n) is 3.31. The van der Waals surface area contributed by atoms with Gasteiger partial charge in [-0.2, -0.15) is 0 Å². The van der Waals surface area contributed by atoms with Crippen LogP contribution < -0.4 is 5.73 Å². The molecule has 1 saturated heterocycles. The van der Waals surface area contributed by atoms with Crippen LogP contribution in [0.1, 0.15) is 32.6 Å². The maximum absolute atomic E-state index is 11.5. The van der Waals surface area contributed by atoms with Gasteiger partial charge in [0.15, 0.2) is 0 Å². The fourth-order valence-electron chi connectivity index (χ4n) is 2.23. The van der Waals surface area contributed by atoms with Gasteiger partial charge in [-0.15, -0.1) is 0 Å². The van der Waals surface area contributed by atoms with Crippen molar-refractivity contribution in [3.63, 3.8) is 0 Å². The van der Waals surface area contributed by atoms with E-state index in [0.717, 1.165) is 6.54 Å². The van der Waals surface area contributed by atoms with Gasteiger partial charge in [0, 0.05) is 12.1 Å². The van der Waals surface area contributed by atoms with Gasteiger partial charge in [-0.25, -0.2) is 0 Å². The maximum Gasteiger partial charge on any atom is 0.239 e. The SMILES string of the molecule is CC(N)C(=O)N1CCC12CCC2. The highest BCUT2D eigenvalue weighted by atomic mass is 16.2. The van der Waals surface area contributed by atoms with Crippen molar-refractivity contribution >= 4 is 5.91 Å². The summed E-state index contributed by atoms with van der Waals surface area (Å²) < 4.78 is 0. The van der Waals surface area contributed by atoms with Crippen molar-refractivity contribution < 1.29 is 4.79 Å². The maximum atomic E-state index is 11.5. The third-order valence-corrected chi connectivity index (χ3v) is 3.31. The quantitative estimate of drug-likeness (QED) is 0.619. The van der Waals surface area contributed by atoms with Crippen LogP contribution in [0.15, 0.2) is 0 Å². The molecule has 1 saturated carbocycles. The average Bonchev–Trinajstić information content (AvgIpc) is 1.81. The summed E-state index contributed by atoms with van der Waals surface area (Å²) >= 11 is 0. The molecule has 2 fully saturated rings. The molecule has 3 nitrogen and oxygen atoms in total. The summed E-state index contributed by atoms with van der Waals surface area (Å²) in [5.41, 5.74) is 5.82. The zero-order valence-corrected chi connectivity index (χ0v) is 7.55. The van der Waals surface area contributed by atoms with Crippen molar-refractivity contribution in [3.05, 3.63) is 0 Å². The predicted molar refractivity (Wildman–Crippen MR) is 46.6 cm³/mol. The fourth-order valence-corrected chi connectivity index (χ4v) is 2.23. The van der Waals surface area contributed by atoms with Crippen LogP contribution in [-0.4, -0.2) is 28.9 Å². The Bertz CT molecular complexity index is 203. The van der Waals surface area contributed by atoms with Crippen LogP contribution in [0.5, 0.6) is 0 Å². The Balaban J connectivity index is 2.01. The Labute approximate surface area is 72.9 Å². The van der Waals surface area contributed by atoms with Gasteiger partial charge in [0.25, 0.3) is 0 Å². The lowest BCUT2D eigenvalue weighted by Crippen LogP contribution is -2.67. The minimum Gasteiger partial charge on any atom is -0.336 e. The predicted octanol–water partition coefficient (Wildman–Crippen LogP) is 0.489. The molecule has 0 bridgehead atoms. The summed E-state index contributed by atoms with van der Waals surface area (Å²) in [5, 5.41) is 0. The highest BCUT2D eigenvalue weighted by molar-refractivity contribution is 5.83. The number of carbonyl (C=O) groups is 1. The van der Waals surface area contributed by atoms with E-state index < -0.39 is 0 Å².